The first-order valence-electron chi connectivity index (χ1n) is 7.42. The fourth-order valence-corrected chi connectivity index (χ4v) is 2.66. The van der Waals surface area contributed by atoms with Crippen LogP contribution in [0.5, 0.6) is 11.5 Å². The first-order chi connectivity index (χ1) is 9.35. The minimum absolute atomic E-state index is 0.376. The van der Waals surface area contributed by atoms with Crippen LogP contribution in [0.3, 0.4) is 0 Å². The molecule has 1 aromatic rings. The Morgan fingerprint density at radius 3 is 2.58 bits per heavy atom. The van der Waals surface area contributed by atoms with Crippen LogP contribution in [0.2, 0.25) is 0 Å². The fourth-order valence-electron chi connectivity index (χ4n) is 2.66. The van der Waals surface area contributed by atoms with E-state index in [2.05, 4.69) is 17.4 Å². The molecule has 2 aliphatic carbocycles. The molecule has 0 atom stereocenters. The van der Waals surface area contributed by atoms with E-state index in [4.69, 9.17) is 9.47 Å². The van der Waals surface area contributed by atoms with Crippen molar-refractivity contribution >= 4 is 0 Å². The number of ether oxygens (including phenoxy) is 2. The molecule has 3 heteroatoms. The standard InChI is InChI=1S/C16H23NO2/c1-18-15-9-6-12(11-17-13-7-8-13)10-16(15)19-14-4-2-3-5-14/h6,9-10,13-14,17H,2-5,7-8,11H2,1H3. The molecule has 0 aromatic heterocycles. The number of hydrogen-bond acceptors (Lipinski definition) is 3. The summed E-state index contributed by atoms with van der Waals surface area (Å²) in [6.07, 6.45) is 7.94. The van der Waals surface area contributed by atoms with Gasteiger partial charge in [0.05, 0.1) is 13.2 Å². The molecule has 0 aliphatic heterocycles. The average molecular weight is 261 g/mol. The van der Waals surface area contributed by atoms with Crippen molar-refractivity contribution in [2.24, 2.45) is 0 Å². The zero-order valence-electron chi connectivity index (χ0n) is 11.7. The van der Waals surface area contributed by atoms with Crippen LogP contribution in [0.15, 0.2) is 18.2 Å². The van der Waals surface area contributed by atoms with E-state index in [9.17, 15) is 0 Å². The molecule has 1 N–H and O–H groups in total. The van der Waals surface area contributed by atoms with Crippen LogP contribution in [-0.2, 0) is 6.54 Å². The monoisotopic (exact) mass is 261 g/mol. The molecule has 0 radical (unpaired) electrons. The van der Waals surface area contributed by atoms with Gasteiger partial charge in [0.1, 0.15) is 0 Å². The van der Waals surface area contributed by atoms with Crippen LogP contribution >= 0.6 is 0 Å². The number of benzene rings is 1. The second-order valence-electron chi connectivity index (χ2n) is 5.66. The van der Waals surface area contributed by atoms with Gasteiger partial charge in [0.15, 0.2) is 11.5 Å². The molecule has 0 saturated heterocycles. The van der Waals surface area contributed by atoms with Crippen molar-refractivity contribution in [1.82, 2.24) is 5.32 Å². The molecule has 0 heterocycles. The summed E-state index contributed by atoms with van der Waals surface area (Å²) in [5, 5.41) is 3.53. The Bertz CT molecular complexity index is 423. The van der Waals surface area contributed by atoms with E-state index in [1.165, 1.54) is 44.1 Å². The molecule has 0 bridgehead atoms. The van der Waals surface area contributed by atoms with Crippen LogP contribution in [0, 0.1) is 0 Å². The number of methoxy groups -OCH3 is 1. The maximum atomic E-state index is 6.11. The zero-order chi connectivity index (χ0) is 13.1. The molecule has 0 amide bonds. The predicted octanol–water partition coefficient (Wildman–Crippen LogP) is 3.27. The summed E-state index contributed by atoms with van der Waals surface area (Å²) in [7, 11) is 1.71. The second-order valence-corrected chi connectivity index (χ2v) is 5.66. The molecule has 3 nitrogen and oxygen atoms in total. The van der Waals surface area contributed by atoms with Crippen LogP contribution in [0.1, 0.15) is 44.1 Å². The van der Waals surface area contributed by atoms with E-state index in [0.717, 1.165) is 24.1 Å². The van der Waals surface area contributed by atoms with Crippen LogP contribution in [0.25, 0.3) is 0 Å². The van der Waals surface area contributed by atoms with Crippen molar-refractivity contribution in [1.29, 1.82) is 0 Å². The molecule has 0 unspecified atom stereocenters. The lowest BCUT2D eigenvalue weighted by molar-refractivity contribution is 0.200. The first kappa shape index (κ1) is 12.8. The number of hydrogen-bond donors (Lipinski definition) is 1. The molecule has 2 fully saturated rings. The highest BCUT2D eigenvalue weighted by molar-refractivity contribution is 5.43. The molecule has 3 rings (SSSR count). The summed E-state index contributed by atoms with van der Waals surface area (Å²) in [5.41, 5.74) is 1.28. The van der Waals surface area contributed by atoms with Gasteiger partial charge in [-0.2, -0.15) is 0 Å². The van der Waals surface area contributed by atoms with Crippen molar-refractivity contribution in [3.63, 3.8) is 0 Å². The summed E-state index contributed by atoms with van der Waals surface area (Å²) in [6.45, 7) is 0.926. The van der Waals surface area contributed by atoms with Crippen molar-refractivity contribution in [2.45, 2.75) is 57.2 Å². The maximum absolute atomic E-state index is 6.11. The van der Waals surface area contributed by atoms with Crippen molar-refractivity contribution in [2.75, 3.05) is 7.11 Å². The summed E-state index contributed by atoms with van der Waals surface area (Å²) in [6, 6.07) is 7.01. The third-order valence-corrected chi connectivity index (χ3v) is 4.00. The third kappa shape index (κ3) is 3.41. The molecule has 2 saturated carbocycles. The van der Waals surface area contributed by atoms with Gasteiger partial charge in [-0.15, -0.1) is 0 Å². The van der Waals surface area contributed by atoms with Gasteiger partial charge >= 0.3 is 0 Å². The topological polar surface area (TPSA) is 30.5 Å². The van der Waals surface area contributed by atoms with Gasteiger partial charge in [0, 0.05) is 12.6 Å². The van der Waals surface area contributed by atoms with E-state index >= 15 is 0 Å². The van der Waals surface area contributed by atoms with Crippen molar-refractivity contribution in [3.8, 4) is 11.5 Å². The molecule has 1 aromatic carbocycles. The molecular formula is C16H23NO2. The van der Waals surface area contributed by atoms with E-state index in [-0.39, 0.29) is 0 Å². The predicted molar refractivity (Wildman–Crippen MR) is 75.7 cm³/mol. The maximum Gasteiger partial charge on any atom is 0.161 e. The Morgan fingerprint density at radius 2 is 1.89 bits per heavy atom. The van der Waals surface area contributed by atoms with Crippen LogP contribution in [0.4, 0.5) is 0 Å². The third-order valence-electron chi connectivity index (χ3n) is 4.00. The largest absolute Gasteiger partial charge is 0.493 e. The summed E-state index contributed by atoms with van der Waals surface area (Å²) in [4.78, 5) is 0. The first-order valence-corrected chi connectivity index (χ1v) is 7.42. The second kappa shape index (κ2) is 5.83. The molecule has 0 spiro atoms. The SMILES string of the molecule is COc1ccc(CNC2CC2)cc1OC1CCCC1. The molecule has 104 valence electrons. The van der Waals surface area contributed by atoms with Gasteiger partial charge < -0.3 is 14.8 Å². The Labute approximate surface area is 115 Å². The fraction of sp³-hybridized carbons (Fsp3) is 0.625. The summed E-state index contributed by atoms with van der Waals surface area (Å²) >= 11 is 0. The Kier molecular flexibility index (Phi) is 3.92. The minimum Gasteiger partial charge on any atom is -0.493 e. The molecule has 2 aliphatic rings. The normalized spacial score (nSPS) is 19.6. The van der Waals surface area contributed by atoms with E-state index in [1.807, 2.05) is 6.07 Å². The lowest BCUT2D eigenvalue weighted by atomic mass is 10.2. The van der Waals surface area contributed by atoms with Crippen molar-refractivity contribution in [3.05, 3.63) is 23.8 Å². The van der Waals surface area contributed by atoms with Gasteiger partial charge in [0.2, 0.25) is 0 Å². The summed E-state index contributed by atoms with van der Waals surface area (Å²) in [5.74, 6) is 1.76. The Hall–Kier alpha value is -1.22. The quantitative estimate of drug-likeness (QED) is 0.852. The van der Waals surface area contributed by atoms with Crippen LogP contribution in [-0.4, -0.2) is 19.3 Å². The van der Waals surface area contributed by atoms with Crippen molar-refractivity contribution < 1.29 is 9.47 Å². The minimum atomic E-state index is 0.376. The van der Waals surface area contributed by atoms with E-state index in [0.29, 0.717) is 6.10 Å². The van der Waals surface area contributed by atoms with Gasteiger partial charge in [-0.25, -0.2) is 0 Å². The highest BCUT2D eigenvalue weighted by Crippen LogP contribution is 2.32. The van der Waals surface area contributed by atoms with Crippen LogP contribution < -0.4 is 14.8 Å². The number of nitrogens with one attached hydrogen (secondary N) is 1. The number of rotatable bonds is 6. The smallest absolute Gasteiger partial charge is 0.161 e. The van der Waals surface area contributed by atoms with Gasteiger partial charge in [0.25, 0.3) is 0 Å². The van der Waals surface area contributed by atoms with Gasteiger partial charge in [-0.1, -0.05) is 6.07 Å². The lowest BCUT2D eigenvalue weighted by Crippen LogP contribution is -2.16. The summed E-state index contributed by atoms with van der Waals surface area (Å²) < 4.78 is 11.5. The van der Waals surface area contributed by atoms with E-state index < -0.39 is 0 Å². The van der Waals surface area contributed by atoms with Gasteiger partial charge in [-0.05, 0) is 56.2 Å². The molecular weight excluding hydrogens is 238 g/mol. The zero-order valence-corrected chi connectivity index (χ0v) is 11.7. The Balaban J connectivity index is 1.68. The highest BCUT2D eigenvalue weighted by Gasteiger charge is 2.21. The van der Waals surface area contributed by atoms with Gasteiger partial charge in [-0.3, -0.25) is 0 Å². The molecule has 19 heavy (non-hydrogen) atoms. The van der Waals surface area contributed by atoms with E-state index in [1.54, 1.807) is 7.11 Å². The Morgan fingerprint density at radius 1 is 1.11 bits per heavy atom. The lowest BCUT2D eigenvalue weighted by Gasteiger charge is -2.17. The average Bonchev–Trinajstić information content (AvgIpc) is 3.13. The highest BCUT2D eigenvalue weighted by atomic mass is 16.5.